The first-order valence-corrected chi connectivity index (χ1v) is 7.13. The van der Waals surface area contributed by atoms with Crippen LogP contribution in [0.25, 0.3) is 0 Å². The normalized spacial score (nSPS) is 12.8. The number of rotatable bonds is 5. The predicted octanol–water partition coefficient (Wildman–Crippen LogP) is 2.33. The van der Waals surface area contributed by atoms with Gasteiger partial charge in [-0.3, -0.25) is 4.79 Å². The molecule has 0 saturated heterocycles. The summed E-state index contributed by atoms with van der Waals surface area (Å²) in [6.45, 7) is 1.93. The summed E-state index contributed by atoms with van der Waals surface area (Å²) in [5.41, 5.74) is 3.98. The Morgan fingerprint density at radius 3 is 2.78 bits per heavy atom. The van der Waals surface area contributed by atoms with Gasteiger partial charge in [-0.05, 0) is 37.3 Å². The van der Waals surface area contributed by atoms with Crippen LogP contribution in [0.1, 0.15) is 12.5 Å². The highest BCUT2D eigenvalue weighted by Crippen LogP contribution is 2.32. The molecule has 0 bridgehead atoms. The number of hydrogen-bond acceptors (Lipinski definition) is 5. The molecular weight excluding hydrogens is 296 g/mol. The zero-order valence-electron chi connectivity index (χ0n) is 12.6. The second kappa shape index (κ2) is 6.83. The molecule has 118 valence electrons. The van der Waals surface area contributed by atoms with Crippen molar-refractivity contribution in [3.63, 3.8) is 0 Å². The summed E-state index contributed by atoms with van der Waals surface area (Å²) < 4.78 is 15.9. The van der Waals surface area contributed by atoms with Crippen LogP contribution >= 0.6 is 0 Å². The predicted molar refractivity (Wildman–Crippen MR) is 84.9 cm³/mol. The summed E-state index contributed by atoms with van der Waals surface area (Å²) in [7, 11) is 0. The van der Waals surface area contributed by atoms with Gasteiger partial charge >= 0.3 is 0 Å². The molecule has 6 nitrogen and oxygen atoms in total. The highest BCUT2D eigenvalue weighted by atomic mass is 16.7. The van der Waals surface area contributed by atoms with E-state index in [2.05, 4.69) is 10.5 Å². The van der Waals surface area contributed by atoms with Crippen molar-refractivity contribution < 1.29 is 19.0 Å². The summed E-state index contributed by atoms with van der Waals surface area (Å²) in [6, 6.07) is 14.6. The molecule has 23 heavy (non-hydrogen) atoms. The molecule has 6 heteroatoms. The summed E-state index contributed by atoms with van der Waals surface area (Å²) in [5.74, 6) is 1.70. The van der Waals surface area contributed by atoms with Crippen LogP contribution in [-0.4, -0.2) is 25.0 Å². The lowest BCUT2D eigenvalue weighted by molar-refractivity contribution is -0.123. The van der Waals surface area contributed by atoms with Gasteiger partial charge in [-0.1, -0.05) is 18.2 Å². The fourth-order valence-corrected chi connectivity index (χ4v) is 2.03. The summed E-state index contributed by atoms with van der Waals surface area (Å²) in [5, 5.41) is 4.07. The number of ether oxygens (including phenoxy) is 3. The zero-order valence-corrected chi connectivity index (χ0v) is 12.6. The molecule has 0 unspecified atom stereocenters. The fourth-order valence-electron chi connectivity index (χ4n) is 2.03. The number of nitrogens with zero attached hydrogens (tertiary/aromatic N) is 1. The minimum Gasteiger partial charge on any atom is -0.484 e. The Bertz CT molecular complexity index is 729. The number of benzene rings is 2. The lowest BCUT2D eigenvalue weighted by Crippen LogP contribution is -2.25. The number of hydrogen-bond donors (Lipinski definition) is 1. The number of para-hydroxylation sites is 1. The van der Waals surface area contributed by atoms with Gasteiger partial charge in [-0.25, -0.2) is 5.43 Å². The van der Waals surface area contributed by atoms with E-state index >= 15 is 0 Å². The number of amides is 1. The maximum Gasteiger partial charge on any atom is 0.277 e. The highest BCUT2D eigenvalue weighted by molar-refractivity contribution is 5.99. The van der Waals surface area contributed by atoms with Gasteiger partial charge in [0.25, 0.3) is 5.91 Å². The standard InChI is InChI=1S/C17H16N2O4/c1-12(13-7-8-15-16(9-13)23-11-22-15)18-19-17(20)10-21-14-5-3-2-4-6-14/h2-9H,10-11H2,1H3,(H,19,20)/b18-12-. The lowest BCUT2D eigenvalue weighted by atomic mass is 10.1. The van der Waals surface area contributed by atoms with Crippen molar-refractivity contribution >= 4 is 11.6 Å². The first-order valence-electron chi connectivity index (χ1n) is 7.13. The van der Waals surface area contributed by atoms with Crippen molar-refractivity contribution in [3.8, 4) is 17.2 Å². The third kappa shape index (κ3) is 3.79. The Labute approximate surface area is 133 Å². The quantitative estimate of drug-likeness (QED) is 0.679. The number of carbonyl (C=O) groups is 1. The Kier molecular flexibility index (Phi) is 4.42. The SMILES string of the molecule is C/C(=N/NC(=O)COc1ccccc1)c1ccc2c(c1)OCO2. The number of carbonyl (C=O) groups excluding carboxylic acids is 1. The van der Waals surface area contributed by atoms with Crippen molar-refractivity contribution in [2.24, 2.45) is 5.10 Å². The Balaban J connectivity index is 1.55. The molecule has 1 N–H and O–H groups in total. The molecule has 0 saturated carbocycles. The molecule has 0 fully saturated rings. The maximum absolute atomic E-state index is 11.8. The Morgan fingerprint density at radius 1 is 1.17 bits per heavy atom. The molecule has 1 heterocycles. The van der Waals surface area contributed by atoms with E-state index in [9.17, 15) is 4.79 Å². The average molecular weight is 312 g/mol. The van der Waals surface area contributed by atoms with Gasteiger partial charge in [0.05, 0.1) is 5.71 Å². The third-order valence-electron chi connectivity index (χ3n) is 3.25. The molecular formula is C17H16N2O4. The molecule has 0 radical (unpaired) electrons. The van der Waals surface area contributed by atoms with Crippen molar-refractivity contribution in [2.75, 3.05) is 13.4 Å². The van der Waals surface area contributed by atoms with Crippen LogP contribution in [0.2, 0.25) is 0 Å². The molecule has 0 spiro atoms. The third-order valence-corrected chi connectivity index (χ3v) is 3.25. The van der Waals surface area contributed by atoms with E-state index in [1.54, 1.807) is 19.1 Å². The molecule has 1 aliphatic rings. The minimum atomic E-state index is -0.325. The summed E-state index contributed by atoms with van der Waals surface area (Å²) in [4.78, 5) is 11.8. The van der Waals surface area contributed by atoms with E-state index in [1.165, 1.54) is 0 Å². The number of hydrazone groups is 1. The number of nitrogens with one attached hydrogen (secondary N) is 1. The monoisotopic (exact) mass is 312 g/mol. The van der Waals surface area contributed by atoms with Crippen molar-refractivity contribution in [1.82, 2.24) is 5.43 Å². The topological polar surface area (TPSA) is 69.2 Å². The van der Waals surface area contributed by atoms with Gasteiger partial charge in [0, 0.05) is 5.56 Å². The summed E-state index contributed by atoms with van der Waals surface area (Å²) >= 11 is 0. The molecule has 0 atom stereocenters. The molecule has 1 aliphatic heterocycles. The molecule has 1 amide bonds. The van der Waals surface area contributed by atoms with E-state index in [0.717, 1.165) is 5.56 Å². The smallest absolute Gasteiger partial charge is 0.277 e. The van der Waals surface area contributed by atoms with Crippen molar-refractivity contribution in [1.29, 1.82) is 0 Å². The van der Waals surface area contributed by atoms with Gasteiger partial charge in [-0.15, -0.1) is 0 Å². The van der Waals surface area contributed by atoms with Crippen LogP contribution in [-0.2, 0) is 4.79 Å². The van der Waals surface area contributed by atoms with E-state index in [1.807, 2.05) is 36.4 Å². The second-order valence-electron chi connectivity index (χ2n) is 4.90. The molecule has 2 aromatic rings. The van der Waals surface area contributed by atoms with Crippen LogP contribution in [0.4, 0.5) is 0 Å². The maximum atomic E-state index is 11.8. The van der Waals surface area contributed by atoms with Crippen LogP contribution in [0.15, 0.2) is 53.6 Å². The van der Waals surface area contributed by atoms with Gasteiger partial charge in [0.15, 0.2) is 18.1 Å². The summed E-state index contributed by atoms with van der Waals surface area (Å²) in [6.07, 6.45) is 0. The molecule has 0 aromatic heterocycles. The molecule has 0 aliphatic carbocycles. The highest BCUT2D eigenvalue weighted by Gasteiger charge is 2.14. The first-order chi connectivity index (χ1) is 11.2. The Morgan fingerprint density at radius 2 is 1.96 bits per heavy atom. The lowest BCUT2D eigenvalue weighted by Gasteiger charge is -2.06. The van der Waals surface area contributed by atoms with Crippen LogP contribution in [0.5, 0.6) is 17.2 Å². The van der Waals surface area contributed by atoms with Gasteiger partial charge in [0.2, 0.25) is 6.79 Å². The van der Waals surface area contributed by atoms with Crippen LogP contribution in [0, 0.1) is 0 Å². The largest absolute Gasteiger partial charge is 0.484 e. The van der Waals surface area contributed by atoms with Gasteiger partial charge in [-0.2, -0.15) is 5.10 Å². The van der Waals surface area contributed by atoms with E-state index in [0.29, 0.717) is 23.0 Å². The van der Waals surface area contributed by atoms with Gasteiger partial charge < -0.3 is 14.2 Å². The van der Waals surface area contributed by atoms with E-state index in [4.69, 9.17) is 14.2 Å². The van der Waals surface area contributed by atoms with Gasteiger partial charge in [0.1, 0.15) is 5.75 Å². The van der Waals surface area contributed by atoms with E-state index < -0.39 is 0 Å². The zero-order chi connectivity index (χ0) is 16.1. The second-order valence-corrected chi connectivity index (χ2v) is 4.90. The van der Waals surface area contributed by atoms with Crippen molar-refractivity contribution in [2.45, 2.75) is 6.92 Å². The average Bonchev–Trinajstić information content (AvgIpc) is 3.06. The van der Waals surface area contributed by atoms with Crippen LogP contribution < -0.4 is 19.6 Å². The number of fused-ring (bicyclic) bond motifs is 1. The minimum absolute atomic E-state index is 0.0953. The fraction of sp³-hybridized carbons (Fsp3) is 0.176. The molecule has 3 rings (SSSR count). The van der Waals surface area contributed by atoms with Crippen molar-refractivity contribution in [3.05, 3.63) is 54.1 Å². The Hall–Kier alpha value is -3.02. The molecule has 2 aromatic carbocycles. The van der Waals surface area contributed by atoms with Crippen LogP contribution in [0.3, 0.4) is 0 Å². The first kappa shape index (κ1) is 14.9. The van der Waals surface area contributed by atoms with E-state index in [-0.39, 0.29) is 19.3 Å².